The molecule has 0 unspecified atom stereocenters. The van der Waals surface area contributed by atoms with Crippen LogP contribution in [0, 0.1) is 0 Å². The van der Waals surface area contributed by atoms with E-state index in [9.17, 15) is 4.79 Å². The van der Waals surface area contributed by atoms with Gasteiger partial charge in [-0.3, -0.25) is 4.90 Å². The van der Waals surface area contributed by atoms with Crippen LogP contribution in [0.5, 0.6) is 5.75 Å². The van der Waals surface area contributed by atoms with Gasteiger partial charge in [-0.05, 0) is 19.2 Å². The van der Waals surface area contributed by atoms with Crippen LogP contribution in [0.4, 0.5) is 0 Å². The van der Waals surface area contributed by atoms with Gasteiger partial charge >= 0.3 is 5.97 Å². The van der Waals surface area contributed by atoms with E-state index in [2.05, 4.69) is 4.90 Å². The Morgan fingerprint density at radius 3 is 2.55 bits per heavy atom. The first-order chi connectivity index (χ1) is 9.53. The van der Waals surface area contributed by atoms with Crippen molar-refractivity contribution in [3.8, 4) is 5.75 Å². The zero-order valence-electron chi connectivity index (χ0n) is 12.2. The van der Waals surface area contributed by atoms with Crippen LogP contribution in [0.2, 0.25) is 5.02 Å². The van der Waals surface area contributed by atoms with E-state index in [0.717, 1.165) is 12.1 Å². The highest BCUT2D eigenvalue weighted by molar-refractivity contribution is 6.31. The zero-order chi connectivity index (χ0) is 15.1. The summed E-state index contributed by atoms with van der Waals surface area (Å²) >= 11 is 6.06. The van der Waals surface area contributed by atoms with Crippen LogP contribution in [-0.2, 0) is 16.0 Å². The van der Waals surface area contributed by atoms with Gasteiger partial charge in [0.15, 0.2) is 0 Å². The van der Waals surface area contributed by atoms with E-state index < -0.39 is 5.97 Å². The number of nitrogens with zero attached hydrogens (tertiary/aromatic N) is 1. The third-order valence-electron chi connectivity index (χ3n) is 2.86. The van der Waals surface area contributed by atoms with Crippen LogP contribution in [0.15, 0.2) is 12.1 Å². The Hall–Kier alpha value is -1.30. The number of esters is 1. The minimum absolute atomic E-state index is 0.331. The Kier molecular flexibility index (Phi) is 6.78. The number of halogens is 1. The second-order valence-electron chi connectivity index (χ2n) is 4.37. The summed E-state index contributed by atoms with van der Waals surface area (Å²) in [6.45, 7) is 1.99. The van der Waals surface area contributed by atoms with Crippen LogP contribution in [0.3, 0.4) is 0 Å². The van der Waals surface area contributed by atoms with Crippen molar-refractivity contribution in [2.24, 2.45) is 0 Å². The molecule has 5 nitrogen and oxygen atoms in total. The molecule has 0 amide bonds. The van der Waals surface area contributed by atoms with Crippen molar-refractivity contribution in [1.29, 1.82) is 0 Å². The van der Waals surface area contributed by atoms with E-state index in [-0.39, 0.29) is 0 Å². The van der Waals surface area contributed by atoms with Crippen molar-refractivity contribution in [3.63, 3.8) is 0 Å². The van der Waals surface area contributed by atoms with Gasteiger partial charge < -0.3 is 14.2 Å². The summed E-state index contributed by atoms with van der Waals surface area (Å²) in [7, 11) is 6.46. The van der Waals surface area contributed by atoms with Gasteiger partial charge in [0.05, 0.1) is 20.8 Å². The lowest BCUT2D eigenvalue weighted by molar-refractivity contribution is 0.0596. The molecule has 20 heavy (non-hydrogen) atoms. The van der Waals surface area contributed by atoms with Gasteiger partial charge in [0.1, 0.15) is 11.3 Å². The molecule has 0 saturated heterocycles. The largest absolute Gasteiger partial charge is 0.496 e. The zero-order valence-corrected chi connectivity index (χ0v) is 13.0. The topological polar surface area (TPSA) is 48.0 Å². The number of hydrogen-bond donors (Lipinski definition) is 0. The Morgan fingerprint density at radius 1 is 1.30 bits per heavy atom. The van der Waals surface area contributed by atoms with Gasteiger partial charge in [-0.15, -0.1) is 0 Å². The molecule has 0 N–H and O–H groups in total. The van der Waals surface area contributed by atoms with E-state index in [1.165, 1.54) is 14.2 Å². The summed E-state index contributed by atoms with van der Waals surface area (Å²) in [5, 5.41) is 0.473. The molecule has 0 aliphatic carbocycles. The van der Waals surface area contributed by atoms with Crippen LogP contribution >= 0.6 is 11.6 Å². The van der Waals surface area contributed by atoms with Crippen molar-refractivity contribution < 1.29 is 19.0 Å². The van der Waals surface area contributed by atoms with Gasteiger partial charge in [0.2, 0.25) is 0 Å². The maximum atomic E-state index is 11.8. The molecule has 1 aromatic carbocycles. The van der Waals surface area contributed by atoms with Gasteiger partial charge in [0.25, 0.3) is 0 Å². The van der Waals surface area contributed by atoms with Gasteiger partial charge in [-0.25, -0.2) is 4.79 Å². The summed E-state index contributed by atoms with van der Waals surface area (Å²) in [4.78, 5) is 13.8. The molecule has 1 aromatic rings. The minimum Gasteiger partial charge on any atom is -0.496 e. The Morgan fingerprint density at radius 2 is 2.00 bits per heavy atom. The third kappa shape index (κ3) is 4.37. The van der Waals surface area contributed by atoms with E-state index in [0.29, 0.717) is 29.5 Å². The fourth-order valence-electron chi connectivity index (χ4n) is 1.89. The number of rotatable bonds is 7. The summed E-state index contributed by atoms with van der Waals surface area (Å²) in [6, 6.07) is 3.33. The smallest absolute Gasteiger partial charge is 0.341 e. The molecule has 0 aliphatic rings. The lowest BCUT2D eigenvalue weighted by atomic mass is 10.1. The van der Waals surface area contributed by atoms with Crippen molar-refractivity contribution in [1.82, 2.24) is 4.90 Å². The second kappa shape index (κ2) is 8.09. The number of carbonyl (C=O) groups excluding carboxylic acids is 1. The van der Waals surface area contributed by atoms with Crippen molar-refractivity contribution in [2.75, 3.05) is 41.5 Å². The van der Waals surface area contributed by atoms with Crippen molar-refractivity contribution in [2.45, 2.75) is 6.54 Å². The van der Waals surface area contributed by atoms with Crippen LogP contribution < -0.4 is 4.74 Å². The number of benzene rings is 1. The highest BCUT2D eigenvalue weighted by atomic mass is 35.5. The number of hydrogen-bond acceptors (Lipinski definition) is 5. The number of methoxy groups -OCH3 is 3. The summed E-state index contributed by atoms with van der Waals surface area (Å²) in [5.74, 6) is 0.0238. The van der Waals surface area contributed by atoms with Crippen molar-refractivity contribution >= 4 is 17.6 Å². The number of ether oxygens (including phenoxy) is 3. The van der Waals surface area contributed by atoms with E-state index in [4.69, 9.17) is 25.8 Å². The highest BCUT2D eigenvalue weighted by Crippen LogP contribution is 2.29. The highest BCUT2D eigenvalue weighted by Gasteiger charge is 2.18. The van der Waals surface area contributed by atoms with Crippen LogP contribution in [-0.4, -0.2) is 52.4 Å². The monoisotopic (exact) mass is 301 g/mol. The molecule has 0 heterocycles. The Balaban J connectivity index is 3.05. The van der Waals surface area contributed by atoms with Gasteiger partial charge in [0, 0.05) is 30.8 Å². The molecule has 112 valence electrons. The Bertz CT molecular complexity index is 465. The quantitative estimate of drug-likeness (QED) is 0.723. The van der Waals surface area contributed by atoms with E-state index in [1.807, 2.05) is 7.05 Å². The molecule has 0 aliphatic heterocycles. The van der Waals surface area contributed by atoms with Crippen LogP contribution in [0.1, 0.15) is 15.9 Å². The predicted molar refractivity (Wildman–Crippen MR) is 77.6 cm³/mol. The first-order valence-corrected chi connectivity index (χ1v) is 6.53. The standard InChI is InChI=1S/C14H20ClNO4/c1-16(5-6-18-2)9-10-7-11(15)8-12(13(10)19-3)14(17)20-4/h7-8H,5-6,9H2,1-4H3. The maximum Gasteiger partial charge on any atom is 0.341 e. The summed E-state index contributed by atoms with van der Waals surface area (Å²) in [5.41, 5.74) is 1.16. The van der Waals surface area contributed by atoms with E-state index >= 15 is 0 Å². The Labute approximate surface area is 124 Å². The molecule has 0 saturated carbocycles. The fourth-order valence-corrected chi connectivity index (χ4v) is 2.13. The van der Waals surface area contributed by atoms with E-state index in [1.54, 1.807) is 19.2 Å². The fraction of sp³-hybridized carbons (Fsp3) is 0.500. The molecule has 0 atom stereocenters. The molecule has 0 radical (unpaired) electrons. The summed E-state index contributed by atoms with van der Waals surface area (Å²) in [6.07, 6.45) is 0. The first kappa shape index (κ1) is 16.8. The average Bonchev–Trinajstić information content (AvgIpc) is 2.43. The lowest BCUT2D eigenvalue weighted by Gasteiger charge is -2.19. The van der Waals surface area contributed by atoms with Crippen molar-refractivity contribution in [3.05, 3.63) is 28.3 Å². The minimum atomic E-state index is -0.467. The normalized spacial score (nSPS) is 10.7. The number of likely N-dealkylation sites (N-methyl/N-ethyl adjacent to an activating group) is 1. The maximum absolute atomic E-state index is 11.8. The van der Waals surface area contributed by atoms with Crippen LogP contribution in [0.25, 0.3) is 0 Å². The summed E-state index contributed by atoms with van der Waals surface area (Å²) < 4.78 is 15.1. The number of carbonyl (C=O) groups is 1. The second-order valence-corrected chi connectivity index (χ2v) is 4.80. The first-order valence-electron chi connectivity index (χ1n) is 6.15. The molecule has 6 heteroatoms. The molecular weight excluding hydrogens is 282 g/mol. The molecule has 1 rings (SSSR count). The third-order valence-corrected chi connectivity index (χ3v) is 3.08. The SMILES string of the molecule is COCCN(C)Cc1cc(Cl)cc(C(=O)OC)c1OC. The molecular formula is C14H20ClNO4. The van der Waals surface area contributed by atoms with Gasteiger partial charge in [-0.2, -0.15) is 0 Å². The molecule has 0 fully saturated rings. The predicted octanol–water partition coefficient (Wildman–Crippen LogP) is 2.21. The average molecular weight is 302 g/mol. The lowest BCUT2D eigenvalue weighted by Crippen LogP contribution is -2.23. The molecule has 0 aromatic heterocycles. The molecule has 0 bridgehead atoms. The van der Waals surface area contributed by atoms with Gasteiger partial charge in [-0.1, -0.05) is 11.6 Å². The molecule has 0 spiro atoms.